The fourth-order valence-electron chi connectivity index (χ4n) is 5.35. The Labute approximate surface area is 200 Å². The number of hydrogen-bond donors (Lipinski definition) is 0. The first-order valence-electron chi connectivity index (χ1n) is 12.6. The molecule has 2 atom stereocenters. The Morgan fingerprint density at radius 1 is 0.912 bits per heavy atom. The highest BCUT2D eigenvalue weighted by molar-refractivity contribution is 5.91. The Hall–Kier alpha value is -2.47. The molecule has 184 valence electrons. The zero-order chi connectivity index (χ0) is 24.1. The van der Waals surface area contributed by atoms with Crippen molar-refractivity contribution < 1.29 is 27.8 Å². The molecule has 0 amide bonds. The molecule has 6 heteroatoms. The molecule has 4 nitrogen and oxygen atoms in total. The second kappa shape index (κ2) is 11.3. The van der Waals surface area contributed by atoms with Gasteiger partial charge in [-0.15, -0.1) is 0 Å². The molecule has 0 bridgehead atoms. The van der Waals surface area contributed by atoms with Crippen LogP contribution in [0.2, 0.25) is 0 Å². The van der Waals surface area contributed by atoms with E-state index < -0.39 is 23.4 Å². The van der Waals surface area contributed by atoms with Gasteiger partial charge in [-0.25, -0.2) is 4.79 Å². The predicted octanol–water partition coefficient (Wildman–Crippen LogP) is 7.20. The summed E-state index contributed by atoms with van der Waals surface area (Å²) >= 11 is 0. The van der Waals surface area contributed by atoms with E-state index in [0.717, 1.165) is 12.8 Å². The van der Waals surface area contributed by atoms with Crippen LogP contribution in [0.1, 0.15) is 87.1 Å². The second-order valence-electron chi connectivity index (χ2n) is 9.41. The summed E-state index contributed by atoms with van der Waals surface area (Å²) in [7, 11) is 0. The van der Waals surface area contributed by atoms with Crippen LogP contribution in [0, 0.1) is 17.6 Å². The molecular weight excluding hydrogens is 438 g/mol. The Morgan fingerprint density at radius 2 is 1.59 bits per heavy atom. The van der Waals surface area contributed by atoms with Crippen molar-refractivity contribution in [1.82, 2.24) is 0 Å². The lowest BCUT2D eigenvalue weighted by atomic mass is 9.76. The van der Waals surface area contributed by atoms with Gasteiger partial charge in [-0.3, -0.25) is 0 Å². The molecule has 1 saturated heterocycles. The normalized spacial score (nSPS) is 24.7. The van der Waals surface area contributed by atoms with E-state index in [9.17, 15) is 13.6 Å². The van der Waals surface area contributed by atoms with E-state index in [4.69, 9.17) is 14.2 Å². The number of hydrogen-bond acceptors (Lipinski definition) is 4. The molecule has 2 aromatic rings. The Bertz CT molecular complexity index is 967. The number of benzene rings is 2. The van der Waals surface area contributed by atoms with Crippen molar-refractivity contribution in [2.45, 2.75) is 83.3 Å². The van der Waals surface area contributed by atoms with E-state index in [1.807, 2.05) is 12.1 Å². The molecule has 2 aromatic carbocycles. The largest absolute Gasteiger partial charge is 0.491 e. The minimum Gasteiger partial charge on any atom is -0.491 e. The molecule has 0 aromatic heterocycles. The second-order valence-corrected chi connectivity index (χ2v) is 9.41. The highest BCUT2D eigenvalue weighted by atomic mass is 19.2. The quantitative estimate of drug-likeness (QED) is 0.301. The highest BCUT2D eigenvalue weighted by Gasteiger charge is 2.34. The third-order valence-electron chi connectivity index (χ3n) is 7.18. The highest BCUT2D eigenvalue weighted by Crippen LogP contribution is 2.41. The number of carbonyl (C=O) groups is 1. The summed E-state index contributed by atoms with van der Waals surface area (Å²) in [6, 6.07) is 9.74. The van der Waals surface area contributed by atoms with Crippen LogP contribution in [0.25, 0.3) is 0 Å². The third kappa shape index (κ3) is 5.60. The summed E-state index contributed by atoms with van der Waals surface area (Å²) < 4.78 is 44.7. The molecule has 1 aliphatic carbocycles. The summed E-state index contributed by atoms with van der Waals surface area (Å²) in [6.45, 7) is 4.09. The Morgan fingerprint density at radius 3 is 2.26 bits per heavy atom. The standard InChI is InChI=1S/C28H34F2O4/c1-3-5-22-14-15-23(33-22)20-10-6-18(7-11-20)19-8-12-21(13-9-19)28(31)34-25-17-16-24(32-4-2)26(29)27(25)30/h8-9,12-13,16-18,20,22-23H,3-7,10-11,14-15H2,1-2H3. The molecule has 1 saturated carbocycles. The average molecular weight is 473 g/mol. The third-order valence-corrected chi connectivity index (χ3v) is 7.18. The van der Waals surface area contributed by atoms with Gasteiger partial charge in [0, 0.05) is 0 Å². The van der Waals surface area contributed by atoms with Gasteiger partial charge in [0.15, 0.2) is 11.5 Å². The van der Waals surface area contributed by atoms with E-state index >= 15 is 0 Å². The summed E-state index contributed by atoms with van der Waals surface area (Å²) in [5.74, 6) is -2.67. The first-order valence-corrected chi connectivity index (χ1v) is 12.6. The van der Waals surface area contributed by atoms with Gasteiger partial charge in [0.25, 0.3) is 0 Å². The number of esters is 1. The Balaban J connectivity index is 1.31. The van der Waals surface area contributed by atoms with Crippen molar-refractivity contribution in [3.8, 4) is 11.5 Å². The van der Waals surface area contributed by atoms with E-state index in [2.05, 4.69) is 6.92 Å². The van der Waals surface area contributed by atoms with Gasteiger partial charge < -0.3 is 14.2 Å². The van der Waals surface area contributed by atoms with Crippen molar-refractivity contribution in [3.63, 3.8) is 0 Å². The molecule has 2 unspecified atom stereocenters. The zero-order valence-electron chi connectivity index (χ0n) is 20.0. The summed E-state index contributed by atoms with van der Waals surface area (Å²) in [4.78, 5) is 12.5. The fourth-order valence-corrected chi connectivity index (χ4v) is 5.35. The Kier molecular flexibility index (Phi) is 8.19. The molecule has 34 heavy (non-hydrogen) atoms. The van der Waals surface area contributed by atoms with E-state index in [0.29, 0.717) is 29.6 Å². The molecule has 1 aliphatic heterocycles. The minimum absolute atomic E-state index is 0.206. The molecule has 2 fully saturated rings. The fraction of sp³-hybridized carbons (Fsp3) is 0.536. The number of halogens is 2. The topological polar surface area (TPSA) is 44.8 Å². The molecule has 0 radical (unpaired) electrons. The lowest BCUT2D eigenvalue weighted by Gasteiger charge is -2.32. The van der Waals surface area contributed by atoms with Gasteiger partial charge in [-0.1, -0.05) is 25.5 Å². The van der Waals surface area contributed by atoms with Crippen molar-refractivity contribution in [2.75, 3.05) is 6.61 Å². The summed E-state index contributed by atoms with van der Waals surface area (Å²) in [5, 5.41) is 0. The van der Waals surface area contributed by atoms with E-state index in [1.54, 1.807) is 19.1 Å². The molecular formula is C28H34F2O4. The first-order chi connectivity index (χ1) is 16.5. The van der Waals surface area contributed by atoms with Gasteiger partial charge in [-0.2, -0.15) is 8.78 Å². The van der Waals surface area contributed by atoms with Crippen molar-refractivity contribution in [1.29, 1.82) is 0 Å². The monoisotopic (exact) mass is 472 g/mol. The maximum absolute atomic E-state index is 14.2. The van der Waals surface area contributed by atoms with Crippen LogP contribution in [0.3, 0.4) is 0 Å². The van der Waals surface area contributed by atoms with Crippen LogP contribution in [0.4, 0.5) is 8.78 Å². The lowest BCUT2D eigenvalue weighted by Crippen LogP contribution is -2.25. The number of rotatable bonds is 8. The van der Waals surface area contributed by atoms with Crippen LogP contribution in [-0.4, -0.2) is 24.8 Å². The smallest absolute Gasteiger partial charge is 0.343 e. The van der Waals surface area contributed by atoms with Gasteiger partial charge in [0.05, 0.1) is 24.4 Å². The lowest BCUT2D eigenvalue weighted by molar-refractivity contribution is -0.00426. The maximum atomic E-state index is 14.2. The molecule has 1 heterocycles. The minimum atomic E-state index is -1.24. The van der Waals surface area contributed by atoms with Crippen LogP contribution in [0.15, 0.2) is 36.4 Å². The SMILES string of the molecule is CCCC1CCC(C2CCC(c3ccc(C(=O)Oc4ccc(OCC)c(F)c4F)cc3)CC2)O1. The molecule has 0 N–H and O–H groups in total. The van der Waals surface area contributed by atoms with Gasteiger partial charge in [0.2, 0.25) is 11.6 Å². The van der Waals surface area contributed by atoms with Crippen molar-refractivity contribution in [2.24, 2.45) is 5.92 Å². The van der Waals surface area contributed by atoms with E-state index in [-0.39, 0.29) is 12.4 Å². The maximum Gasteiger partial charge on any atom is 0.343 e. The average Bonchev–Trinajstić information content (AvgIpc) is 3.33. The van der Waals surface area contributed by atoms with Crippen LogP contribution < -0.4 is 9.47 Å². The van der Waals surface area contributed by atoms with E-state index in [1.165, 1.54) is 56.2 Å². The molecule has 0 spiro atoms. The first kappa shape index (κ1) is 24.6. The zero-order valence-corrected chi connectivity index (χ0v) is 20.0. The van der Waals surface area contributed by atoms with Gasteiger partial charge in [-0.05, 0) is 93.5 Å². The molecule has 2 aliphatic rings. The van der Waals surface area contributed by atoms with Gasteiger partial charge in [0.1, 0.15) is 0 Å². The van der Waals surface area contributed by atoms with Crippen molar-refractivity contribution >= 4 is 5.97 Å². The van der Waals surface area contributed by atoms with Crippen LogP contribution in [-0.2, 0) is 4.74 Å². The van der Waals surface area contributed by atoms with Crippen LogP contribution >= 0.6 is 0 Å². The van der Waals surface area contributed by atoms with Gasteiger partial charge >= 0.3 is 5.97 Å². The van der Waals surface area contributed by atoms with Crippen LogP contribution in [0.5, 0.6) is 11.5 Å². The number of ether oxygens (including phenoxy) is 3. The molecule has 4 rings (SSSR count). The summed E-state index contributed by atoms with van der Waals surface area (Å²) in [5.41, 5.74) is 1.50. The van der Waals surface area contributed by atoms with Crippen molar-refractivity contribution in [3.05, 3.63) is 59.2 Å². The number of carbonyl (C=O) groups excluding carboxylic acids is 1. The summed E-state index contributed by atoms with van der Waals surface area (Å²) in [6.07, 6.45) is 10.2. The predicted molar refractivity (Wildman–Crippen MR) is 126 cm³/mol.